The van der Waals surface area contributed by atoms with Crippen molar-refractivity contribution < 1.29 is 9.13 Å². The molecular formula is C20H17FN4O2. The first-order valence-electron chi connectivity index (χ1n) is 8.23. The Balaban J connectivity index is 1.92. The molecule has 0 saturated carbocycles. The van der Waals surface area contributed by atoms with Crippen LogP contribution in [-0.2, 0) is 6.61 Å². The molecule has 3 aromatic heterocycles. The smallest absolute Gasteiger partial charge is 0.259 e. The van der Waals surface area contributed by atoms with E-state index in [1.807, 2.05) is 13.0 Å². The monoisotopic (exact) mass is 364 g/mol. The molecule has 0 aliphatic carbocycles. The molecule has 7 heteroatoms. The van der Waals surface area contributed by atoms with Crippen molar-refractivity contribution in [3.63, 3.8) is 0 Å². The predicted molar refractivity (Wildman–Crippen MR) is 97.3 cm³/mol. The van der Waals surface area contributed by atoms with Crippen LogP contribution in [-0.4, -0.2) is 14.5 Å². The van der Waals surface area contributed by atoms with Crippen LogP contribution in [0.1, 0.15) is 28.2 Å². The second-order valence-electron chi connectivity index (χ2n) is 6.20. The van der Waals surface area contributed by atoms with Crippen molar-refractivity contribution in [1.82, 2.24) is 14.5 Å². The quantitative estimate of drug-likeness (QED) is 0.710. The minimum Gasteiger partial charge on any atom is -0.487 e. The van der Waals surface area contributed by atoms with Crippen LogP contribution in [0.4, 0.5) is 4.39 Å². The first-order valence-corrected chi connectivity index (χ1v) is 8.23. The largest absolute Gasteiger partial charge is 0.487 e. The molecule has 136 valence electrons. The first-order chi connectivity index (χ1) is 12.9. The van der Waals surface area contributed by atoms with E-state index in [9.17, 15) is 9.18 Å². The molecule has 27 heavy (non-hydrogen) atoms. The van der Waals surface area contributed by atoms with E-state index < -0.39 is 5.82 Å². The summed E-state index contributed by atoms with van der Waals surface area (Å²) >= 11 is 0. The van der Waals surface area contributed by atoms with Crippen LogP contribution >= 0.6 is 0 Å². The Kier molecular flexibility index (Phi) is 4.99. The number of aryl methyl sites for hydroxylation is 3. The lowest BCUT2D eigenvalue weighted by molar-refractivity contribution is 0.293. The molecule has 0 aliphatic rings. The minimum absolute atomic E-state index is 0.0815. The van der Waals surface area contributed by atoms with Crippen LogP contribution in [0, 0.1) is 37.9 Å². The molecule has 0 spiro atoms. The molecule has 0 N–H and O–H groups in total. The molecule has 0 bridgehead atoms. The fourth-order valence-electron chi connectivity index (χ4n) is 2.70. The van der Waals surface area contributed by atoms with Crippen molar-refractivity contribution in [2.45, 2.75) is 27.4 Å². The van der Waals surface area contributed by atoms with Gasteiger partial charge in [0.2, 0.25) is 0 Å². The van der Waals surface area contributed by atoms with E-state index >= 15 is 0 Å². The lowest BCUT2D eigenvalue weighted by atomic mass is 10.2. The maximum Gasteiger partial charge on any atom is 0.259 e. The Bertz CT molecular complexity index is 1120. The third-order valence-electron chi connectivity index (χ3n) is 4.05. The maximum atomic E-state index is 13.9. The van der Waals surface area contributed by atoms with Crippen LogP contribution in [0.3, 0.4) is 0 Å². The number of ether oxygens (including phenoxy) is 1. The molecule has 0 aliphatic heterocycles. The average Bonchev–Trinajstić information content (AvgIpc) is 2.62. The van der Waals surface area contributed by atoms with E-state index in [4.69, 9.17) is 10.00 Å². The highest BCUT2D eigenvalue weighted by Gasteiger charge is 2.12. The number of nitriles is 1. The van der Waals surface area contributed by atoms with Gasteiger partial charge >= 0.3 is 0 Å². The van der Waals surface area contributed by atoms with Crippen LogP contribution in [0.2, 0.25) is 0 Å². The molecule has 0 aromatic carbocycles. The Morgan fingerprint density at radius 2 is 1.93 bits per heavy atom. The molecule has 0 saturated heterocycles. The van der Waals surface area contributed by atoms with Gasteiger partial charge in [-0.3, -0.25) is 14.3 Å². The van der Waals surface area contributed by atoms with Gasteiger partial charge < -0.3 is 4.74 Å². The van der Waals surface area contributed by atoms with E-state index in [0.717, 1.165) is 11.1 Å². The van der Waals surface area contributed by atoms with E-state index in [1.165, 1.54) is 16.7 Å². The van der Waals surface area contributed by atoms with Gasteiger partial charge in [0.1, 0.15) is 35.6 Å². The fraction of sp³-hybridized carbons (Fsp3) is 0.200. The SMILES string of the molecule is Cc1cnc(COc2cc(C)n(-c3cc(C#N)ncc3C)c(=O)c2)c(F)c1. The van der Waals surface area contributed by atoms with Crippen LogP contribution < -0.4 is 10.3 Å². The van der Waals surface area contributed by atoms with E-state index in [2.05, 4.69) is 9.97 Å². The summed E-state index contributed by atoms with van der Waals surface area (Å²) in [4.78, 5) is 20.6. The number of halogens is 1. The van der Waals surface area contributed by atoms with Gasteiger partial charge in [0.25, 0.3) is 5.56 Å². The topological polar surface area (TPSA) is 80.8 Å². The zero-order valence-electron chi connectivity index (χ0n) is 15.2. The highest BCUT2D eigenvalue weighted by molar-refractivity contribution is 5.45. The van der Waals surface area contributed by atoms with Crippen molar-refractivity contribution in [3.05, 3.63) is 81.0 Å². The zero-order chi connectivity index (χ0) is 19.6. The molecule has 0 fully saturated rings. The third kappa shape index (κ3) is 3.85. The average molecular weight is 364 g/mol. The van der Waals surface area contributed by atoms with Gasteiger partial charge in [0.05, 0.1) is 5.69 Å². The van der Waals surface area contributed by atoms with Gasteiger partial charge in [-0.2, -0.15) is 5.26 Å². The van der Waals surface area contributed by atoms with Gasteiger partial charge in [-0.25, -0.2) is 9.37 Å². The van der Waals surface area contributed by atoms with Crippen molar-refractivity contribution in [2.75, 3.05) is 0 Å². The van der Waals surface area contributed by atoms with E-state index in [0.29, 0.717) is 17.1 Å². The fourth-order valence-corrected chi connectivity index (χ4v) is 2.70. The Morgan fingerprint density at radius 3 is 2.59 bits per heavy atom. The lowest BCUT2D eigenvalue weighted by Crippen LogP contribution is -2.21. The minimum atomic E-state index is -0.448. The van der Waals surface area contributed by atoms with Crippen LogP contribution in [0.5, 0.6) is 5.75 Å². The van der Waals surface area contributed by atoms with Gasteiger partial charge in [0, 0.05) is 30.2 Å². The molecule has 3 heterocycles. The van der Waals surface area contributed by atoms with Gasteiger partial charge in [0.15, 0.2) is 0 Å². The van der Waals surface area contributed by atoms with Gasteiger partial charge in [-0.05, 0) is 44.0 Å². The number of nitrogens with zero attached hydrogens (tertiary/aromatic N) is 4. The van der Waals surface area contributed by atoms with Gasteiger partial charge in [-0.15, -0.1) is 0 Å². The Hall–Kier alpha value is -3.53. The van der Waals surface area contributed by atoms with Crippen LogP contribution in [0.15, 0.2) is 41.5 Å². The number of aromatic nitrogens is 3. The molecule has 0 amide bonds. The second-order valence-corrected chi connectivity index (χ2v) is 6.20. The first kappa shape index (κ1) is 18.3. The number of rotatable bonds is 4. The summed E-state index contributed by atoms with van der Waals surface area (Å²) in [6.45, 7) is 5.24. The van der Waals surface area contributed by atoms with Crippen molar-refractivity contribution in [3.8, 4) is 17.5 Å². The zero-order valence-corrected chi connectivity index (χ0v) is 15.2. The number of pyridine rings is 3. The summed E-state index contributed by atoms with van der Waals surface area (Å²) in [6.07, 6.45) is 3.11. The summed E-state index contributed by atoms with van der Waals surface area (Å²) in [7, 11) is 0. The molecule has 0 unspecified atom stereocenters. The van der Waals surface area contributed by atoms with Crippen molar-refractivity contribution >= 4 is 0 Å². The highest BCUT2D eigenvalue weighted by Crippen LogP contribution is 2.19. The third-order valence-corrected chi connectivity index (χ3v) is 4.05. The van der Waals surface area contributed by atoms with Crippen LogP contribution in [0.25, 0.3) is 5.69 Å². The predicted octanol–water partition coefficient (Wildman–Crippen LogP) is 3.14. The second kappa shape index (κ2) is 7.38. The molecule has 3 rings (SSSR count). The molecule has 6 nitrogen and oxygen atoms in total. The summed E-state index contributed by atoms with van der Waals surface area (Å²) in [6, 6.07) is 7.92. The standard InChI is InChI=1S/C20H17FN4O2/c1-12-4-17(21)18(24-9-12)11-27-16-5-14(3)25(20(26)7-16)19-6-15(8-22)23-10-13(19)2/h4-7,9-10H,11H2,1-3H3. The summed E-state index contributed by atoms with van der Waals surface area (Å²) in [5.41, 5.74) is 2.77. The van der Waals surface area contributed by atoms with E-state index in [-0.39, 0.29) is 23.6 Å². The summed E-state index contributed by atoms with van der Waals surface area (Å²) < 4.78 is 20.9. The van der Waals surface area contributed by atoms with Crippen molar-refractivity contribution in [1.29, 1.82) is 5.26 Å². The molecule has 0 atom stereocenters. The lowest BCUT2D eigenvalue weighted by Gasteiger charge is -2.14. The Labute approximate surface area is 155 Å². The summed E-state index contributed by atoms with van der Waals surface area (Å²) in [5, 5.41) is 9.04. The molecular weight excluding hydrogens is 347 g/mol. The number of hydrogen-bond acceptors (Lipinski definition) is 5. The molecule has 3 aromatic rings. The normalized spacial score (nSPS) is 10.5. The van der Waals surface area contributed by atoms with E-state index in [1.54, 1.807) is 38.4 Å². The maximum absolute atomic E-state index is 13.9. The highest BCUT2D eigenvalue weighted by atomic mass is 19.1. The number of hydrogen-bond donors (Lipinski definition) is 0. The molecule has 0 radical (unpaired) electrons. The Morgan fingerprint density at radius 1 is 1.15 bits per heavy atom. The summed E-state index contributed by atoms with van der Waals surface area (Å²) in [5.74, 6) is -0.126. The van der Waals surface area contributed by atoms with Crippen molar-refractivity contribution in [2.24, 2.45) is 0 Å². The van der Waals surface area contributed by atoms with Gasteiger partial charge in [-0.1, -0.05) is 0 Å².